The molecule has 1 rings (SSSR count). The van der Waals surface area contributed by atoms with Crippen molar-refractivity contribution in [1.29, 1.82) is 0 Å². The standard InChI is InChI=1S/C16H25NO2/c1-12-6-7-14(13(2)10-12)8-9-15(18)17(5)11-16(3,4)19/h6-7,10,19H,8-9,11H2,1-5H3. The molecule has 1 aromatic rings. The van der Waals surface area contributed by atoms with Crippen LogP contribution in [0.4, 0.5) is 0 Å². The van der Waals surface area contributed by atoms with Crippen molar-refractivity contribution >= 4 is 5.91 Å². The smallest absolute Gasteiger partial charge is 0.222 e. The van der Waals surface area contributed by atoms with Gasteiger partial charge in [0.25, 0.3) is 0 Å². The minimum absolute atomic E-state index is 0.0714. The molecule has 106 valence electrons. The first-order chi connectivity index (χ1) is 8.69. The van der Waals surface area contributed by atoms with Crippen LogP contribution in [0.1, 0.15) is 37.0 Å². The Labute approximate surface area is 116 Å². The highest BCUT2D eigenvalue weighted by atomic mass is 16.3. The van der Waals surface area contributed by atoms with E-state index in [-0.39, 0.29) is 5.91 Å². The van der Waals surface area contributed by atoms with Gasteiger partial charge in [0.05, 0.1) is 5.60 Å². The van der Waals surface area contributed by atoms with Crippen LogP contribution in [0.2, 0.25) is 0 Å². The summed E-state index contributed by atoms with van der Waals surface area (Å²) in [6.07, 6.45) is 1.23. The van der Waals surface area contributed by atoms with E-state index in [2.05, 4.69) is 32.0 Å². The van der Waals surface area contributed by atoms with Gasteiger partial charge in [-0.15, -0.1) is 0 Å². The fourth-order valence-corrected chi connectivity index (χ4v) is 2.23. The molecule has 3 nitrogen and oxygen atoms in total. The zero-order valence-corrected chi connectivity index (χ0v) is 12.7. The SMILES string of the molecule is Cc1ccc(CCC(=O)N(C)CC(C)(C)O)c(C)c1. The first-order valence-electron chi connectivity index (χ1n) is 6.71. The second-order valence-corrected chi connectivity index (χ2v) is 5.99. The summed E-state index contributed by atoms with van der Waals surface area (Å²) in [6.45, 7) is 7.92. The second kappa shape index (κ2) is 6.20. The Morgan fingerprint density at radius 1 is 1.32 bits per heavy atom. The number of aryl methyl sites for hydroxylation is 3. The molecule has 1 aromatic carbocycles. The molecule has 1 amide bonds. The van der Waals surface area contributed by atoms with E-state index in [4.69, 9.17) is 0 Å². The molecular weight excluding hydrogens is 238 g/mol. The van der Waals surface area contributed by atoms with Gasteiger partial charge in [0, 0.05) is 20.0 Å². The van der Waals surface area contributed by atoms with Gasteiger partial charge in [-0.3, -0.25) is 4.79 Å². The van der Waals surface area contributed by atoms with E-state index in [1.54, 1.807) is 25.8 Å². The number of hydrogen-bond acceptors (Lipinski definition) is 2. The van der Waals surface area contributed by atoms with E-state index in [9.17, 15) is 9.90 Å². The van der Waals surface area contributed by atoms with Crippen molar-refractivity contribution in [2.45, 2.75) is 46.1 Å². The quantitative estimate of drug-likeness (QED) is 0.886. The molecule has 0 aromatic heterocycles. The second-order valence-electron chi connectivity index (χ2n) is 5.99. The summed E-state index contributed by atoms with van der Waals surface area (Å²) in [5, 5.41) is 9.70. The minimum Gasteiger partial charge on any atom is -0.389 e. The van der Waals surface area contributed by atoms with E-state index in [1.165, 1.54) is 16.7 Å². The summed E-state index contributed by atoms with van der Waals surface area (Å²) in [4.78, 5) is 13.6. The van der Waals surface area contributed by atoms with Crippen molar-refractivity contribution < 1.29 is 9.90 Å². The number of carbonyl (C=O) groups is 1. The van der Waals surface area contributed by atoms with Crippen molar-refractivity contribution in [2.75, 3.05) is 13.6 Å². The van der Waals surface area contributed by atoms with Gasteiger partial charge >= 0.3 is 0 Å². The number of likely N-dealkylation sites (N-methyl/N-ethyl adjacent to an activating group) is 1. The summed E-state index contributed by atoms with van der Waals surface area (Å²) < 4.78 is 0. The summed E-state index contributed by atoms with van der Waals surface area (Å²) in [5.41, 5.74) is 2.85. The Kier molecular flexibility index (Phi) is 5.12. The molecule has 0 aliphatic heterocycles. The zero-order valence-electron chi connectivity index (χ0n) is 12.7. The highest BCUT2D eigenvalue weighted by Gasteiger charge is 2.19. The number of carbonyl (C=O) groups excluding carboxylic acids is 1. The number of amides is 1. The van der Waals surface area contributed by atoms with E-state index in [0.717, 1.165) is 6.42 Å². The van der Waals surface area contributed by atoms with Crippen molar-refractivity contribution in [3.05, 3.63) is 34.9 Å². The predicted octanol–water partition coefficient (Wildman–Crippen LogP) is 2.47. The van der Waals surface area contributed by atoms with Gasteiger partial charge in [-0.1, -0.05) is 23.8 Å². The molecule has 0 aliphatic carbocycles. The van der Waals surface area contributed by atoms with Crippen LogP contribution in [-0.4, -0.2) is 35.1 Å². The molecule has 0 saturated carbocycles. The Balaban J connectivity index is 2.54. The fourth-order valence-electron chi connectivity index (χ4n) is 2.23. The Hall–Kier alpha value is -1.35. The average Bonchev–Trinajstić information content (AvgIpc) is 2.25. The lowest BCUT2D eigenvalue weighted by atomic mass is 10.0. The Morgan fingerprint density at radius 3 is 2.47 bits per heavy atom. The molecule has 0 aliphatic rings. The summed E-state index contributed by atoms with van der Waals surface area (Å²) in [7, 11) is 1.74. The number of rotatable bonds is 5. The maximum Gasteiger partial charge on any atom is 0.222 e. The highest BCUT2D eigenvalue weighted by molar-refractivity contribution is 5.76. The predicted molar refractivity (Wildman–Crippen MR) is 78.2 cm³/mol. The summed E-state index contributed by atoms with van der Waals surface area (Å²) in [5.74, 6) is 0.0714. The Morgan fingerprint density at radius 2 is 1.95 bits per heavy atom. The Bertz CT molecular complexity index is 447. The third-order valence-corrected chi connectivity index (χ3v) is 3.16. The van der Waals surface area contributed by atoms with E-state index < -0.39 is 5.60 Å². The largest absolute Gasteiger partial charge is 0.389 e. The monoisotopic (exact) mass is 263 g/mol. The number of nitrogens with zero attached hydrogens (tertiary/aromatic N) is 1. The van der Waals surface area contributed by atoms with Crippen molar-refractivity contribution in [3.63, 3.8) is 0 Å². The van der Waals surface area contributed by atoms with E-state index >= 15 is 0 Å². The molecule has 0 heterocycles. The van der Waals surface area contributed by atoms with Gasteiger partial charge in [0.15, 0.2) is 0 Å². The molecule has 3 heteroatoms. The molecule has 0 unspecified atom stereocenters. The van der Waals surface area contributed by atoms with Crippen LogP contribution in [0.5, 0.6) is 0 Å². The zero-order chi connectivity index (χ0) is 14.6. The van der Waals surface area contributed by atoms with Gasteiger partial charge in [-0.05, 0) is 45.2 Å². The lowest BCUT2D eigenvalue weighted by Crippen LogP contribution is -2.39. The fraction of sp³-hybridized carbons (Fsp3) is 0.562. The first-order valence-corrected chi connectivity index (χ1v) is 6.71. The van der Waals surface area contributed by atoms with E-state index in [0.29, 0.717) is 13.0 Å². The molecule has 0 saturated heterocycles. The third kappa shape index (κ3) is 5.43. The van der Waals surface area contributed by atoms with Crippen LogP contribution in [-0.2, 0) is 11.2 Å². The van der Waals surface area contributed by atoms with Crippen molar-refractivity contribution in [3.8, 4) is 0 Å². The topological polar surface area (TPSA) is 40.5 Å². The minimum atomic E-state index is -0.843. The van der Waals surface area contributed by atoms with Crippen molar-refractivity contribution in [2.24, 2.45) is 0 Å². The van der Waals surface area contributed by atoms with Crippen LogP contribution in [0.15, 0.2) is 18.2 Å². The van der Waals surface area contributed by atoms with Crippen LogP contribution < -0.4 is 0 Å². The first kappa shape index (κ1) is 15.7. The molecule has 19 heavy (non-hydrogen) atoms. The molecule has 0 bridgehead atoms. The highest BCUT2D eigenvalue weighted by Crippen LogP contribution is 2.13. The third-order valence-electron chi connectivity index (χ3n) is 3.16. The number of benzene rings is 1. The summed E-state index contributed by atoms with van der Waals surface area (Å²) in [6, 6.07) is 6.31. The van der Waals surface area contributed by atoms with Crippen LogP contribution in [0.3, 0.4) is 0 Å². The van der Waals surface area contributed by atoms with Gasteiger partial charge in [-0.25, -0.2) is 0 Å². The molecular formula is C16H25NO2. The molecule has 0 radical (unpaired) electrons. The molecule has 1 N–H and O–H groups in total. The van der Waals surface area contributed by atoms with Gasteiger partial charge in [-0.2, -0.15) is 0 Å². The van der Waals surface area contributed by atoms with Crippen LogP contribution in [0.25, 0.3) is 0 Å². The van der Waals surface area contributed by atoms with Gasteiger partial charge < -0.3 is 10.0 Å². The molecule has 0 fully saturated rings. The van der Waals surface area contributed by atoms with Gasteiger partial charge in [0.1, 0.15) is 0 Å². The van der Waals surface area contributed by atoms with E-state index in [1.807, 2.05) is 0 Å². The lowest BCUT2D eigenvalue weighted by molar-refractivity contribution is -0.132. The number of aliphatic hydroxyl groups is 1. The summed E-state index contributed by atoms with van der Waals surface area (Å²) >= 11 is 0. The number of hydrogen-bond donors (Lipinski definition) is 1. The maximum atomic E-state index is 12.0. The van der Waals surface area contributed by atoms with Crippen molar-refractivity contribution in [1.82, 2.24) is 4.90 Å². The molecule has 0 atom stereocenters. The lowest BCUT2D eigenvalue weighted by Gasteiger charge is -2.25. The molecule has 0 spiro atoms. The normalized spacial score (nSPS) is 11.5. The van der Waals surface area contributed by atoms with Crippen LogP contribution in [0, 0.1) is 13.8 Å². The van der Waals surface area contributed by atoms with Gasteiger partial charge in [0.2, 0.25) is 5.91 Å². The van der Waals surface area contributed by atoms with Crippen LogP contribution >= 0.6 is 0 Å². The average molecular weight is 263 g/mol. The maximum absolute atomic E-state index is 12.0.